The quantitative estimate of drug-likeness (QED) is 0.481. The van der Waals surface area contributed by atoms with E-state index in [0.717, 1.165) is 19.5 Å². The zero-order chi connectivity index (χ0) is 7.28. The predicted octanol–water partition coefficient (Wildman–Crippen LogP) is 0.485. The lowest BCUT2D eigenvalue weighted by Crippen LogP contribution is -2.15. The minimum absolute atomic E-state index is 0.0509. The molecule has 1 rings (SSSR count). The molecule has 1 atom stereocenters. The highest BCUT2D eigenvalue weighted by molar-refractivity contribution is 4.70. The van der Waals surface area contributed by atoms with Crippen molar-refractivity contribution in [2.75, 3.05) is 20.1 Å². The molecule has 54 valence electrons. The summed E-state index contributed by atoms with van der Waals surface area (Å²) in [5.41, 5.74) is 0. The van der Waals surface area contributed by atoms with Crippen LogP contribution in [0.4, 0.5) is 0 Å². The van der Waals surface area contributed by atoms with Crippen LogP contribution in [0.15, 0.2) is 13.2 Å². The average molecular weight is 129 g/mol. The van der Waals surface area contributed by atoms with E-state index in [-0.39, 0.29) is 6.10 Å². The van der Waals surface area contributed by atoms with E-state index in [1.807, 2.05) is 7.05 Å². The molecule has 0 saturated carbocycles. The molecule has 1 fully saturated rings. The van der Waals surface area contributed by atoms with Gasteiger partial charge in [0, 0.05) is 13.1 Å². The first kappa shape index (κ1) is 8.66. The minimum Gasteiger partial charge on any atom is -0.392 e. The van der Waals surface area contributed by atoms with E-state index >= 15 is 0 Å². The molecule has 0 aliphatic carbocycles. The summed E-state index contributed by atoms with van der Waals surface area (Å²) in [5.74, 6) is 0. The van der Waals surface area contributed by atoms with E-state index in [2.05, 4.69) is 18.1 Å². The third kappa shape index (κ3) is 3.27. The van der Waals surface area contributed by atoms with Crippen molar-refractivity contribution in [2.45, 2.75) is 12.5 Å². The molecule has 0 aromatic rings. The van der Waals surface area contributed by atoms with Gasteiger partial charge in [-0.25, -0.2) is 0 Å². The zero-order valence-corrected chi connectivity index (χ0v) is 6.01. The molecule has 0 bridgehead atoms. The van der Waals surface area contributed by atoms with Gasteiger partial charge in [0.15, 0.2) is 0 Å². The molecule has 2 heteroatoms. The Hall–Kier alpha value is -0.340. The topological polar surface area (TPSA) is 23.5 Å². The summed E-state index contributed by atoms with van der Waals surface area (Å²) < 4.78 is 0. The third-order valence-electron chi connectivity index (χ3n) is 1.37. The van der Waals surface area contributed by atoms with Crippen molar-refractivity contribution in [3.63, 3.8) is 0 Å². The average Bonchev–Trinajstić information content (AvgIpc) is 2.20. The molecule has 1 aliphatic heterocycles. The number of likely N-dealkylation sites (N-methyl/N-ethyl adjacent to an activating group) is 1. The highest BCUT2D eigenvalue weighted by Gasteiger charge is 2.14. The van der Waals surface area contributed by atoms with E-state index in [1.54, 1.807) is 0 Å². The van der Waals surface area contributed by atoms with Crippen LogP contribution >= 0.6 is 0 Å². The van der Waals surface area contributed by atoms with Crippen LogP contribution in [0.2, 0.25) is 0 Å². The summed E-state index contributed by atoms with van der Waals surface area (Å²) in [5, 5.41) is 8.86. The van der Waals surface area contributed by atoms with Crippen LogP contribution in [-0.4, -0.2) is 36.2 Å². The van der Waals surface area contributed by atoms with Crippen molar-refractivity contribution in [1.29, 1.82) is 0 Å². The summed E-state index contributed by atoms with van der Waals surface area (Å²) >= 11 is 0. The molecule has 0 radical (unpaired) electrons. The van der Waals surface area contributed by atoms with Crippen LogP contribution in [0.3, 0.4) is 0 Å². The Morgan fingerprint density at radius 1 is 1.56 bits per heavy atom. The number of β-amino-alcohol motifs (C(OH)–C–C–N with tert-alkyl or cyclic N) is 1. The number of aliphatic hydroxyl groups excluding tert-OH is 1. The van der Waals surface area contributed by atoms with Gasteiger partial charge in [-0.2, -0.15) is 0 Å². The van der Waals surface area contributed by atoms with E-state index < -0.39 is 0 Å². The summed E-state index contributed by atoms with van der Waals surface area (Å²) in [6, 6.07) is 0. The Morgan fingerprint density at radius 2 is 2.11 bits per heavy atom. The molecule has 1 N–H and O–H groups in total. The second-order valence-electron chi connectivity index (χ2n) is 2.20. The largest absolute Gasteiger partial charge is 0.392 e. The predicted molar refractivity (Wildman–Crippen MR) is 39.4 cm³/mol. The highest BCUT2D eigenvalue weighted by Crippen LogP contribution is 2.03. The number of nitrogens with zero attached hydrogens (tertiary/aromatic N) is 1. The van der Waals surface area contributed by atoms with E-state index in [4.69, 9.17) is 5.11 Å². The fourth-order valence-electron chi connectivity index (χ4n) is 0.912. The first-order valence-electron chi connectivity index (χ1n) is 3.15. The number of rotatable bonds is 0. The van der Waals surface area contributed by atoms with Gasteiger partial charge in [0.25, 0.3) is 0 Å². The lowest BCUT2D eigenvalue weighted by atomic mass is 10.3. The minimum atomic E-state index is -0.0509. The molecular weight excluding hydrogens is 114 g/mol. The van der Waals surface area contributed by atoms with E-state index in [0.29, 0.717) is 0 Å². The molecule has 0 aromatic carbocycles. The summed E-state index contributed by atoms with van der Waals surface area (Å²) in [7, 11) is 2.02. The van der Waals surface area contributed by atoms with Crippen LogP contribution in [0.5, 0.6) is 0 Å². The second kappa shape index (κ2) is 4.53. The highest BCUT2D eigenvalue weighted by atomic mass is 16.3. The van der Waals surface area contributed by atoms with Crippen LogP contribution in [0, 0.1) is 0 Å². The monoisotopic (exact) mass is 129 g/mol. The molecule has 0 amide bonds. The van der Waals surface area contributed by atoms with Crippen molar-refractivity contribution in [1.82, 2.24) is 4.90 Å². The first-order chi connectivity index (χ1) is 4.29. The van der Waals surface area contributed by atoms with Gasteiger partial charge >= 0.3 is 0 Å². The third-order valence-corrected chi connectivity index (χ3v) is 1.37. The summed E-state index contributed by atoms with van der Waals surface area (Å²) in [4.78, 5) is 2.13. The number of hydrogen-bond donors (Lipinski definition) is 1. The van der Waals surface area contributed by atoms with Gasteiger partial charge in [-0.15, -0.1) is 13.2 Å². The normalized spacial score (nSPS) is 27.1. The molecule has 1 aliphatic rings. The van der Waals surface area contributed by atoms with Crippen molar-refractivity contribution < 1.29 is 5.11 Å². The van der Waals surface area contributed by atoms with Gasteiger partial charge in [-0.3, -0.25) is 0 Å². The fraction of sp³-hybridized carbons (Fsp3) is 0.714. The van der Waals surface area contributed by atoms with Gasteiger partial charge in [-0.1, -0.05) is 0 Å². The van der Waals surface area contributed by atoms with Crippen LogP contribution in [0.25, 0.3) is 0 Å². The lowest BCUT2D eigenvalue weighted by Gasteiger charge is -2.02. The Bertz CT molecular complexity index is 67.3. The Morgan fingerprint density at radius 3 is 2.22 bits per heavy atom. The molecule has 1 heterocycles. The Kier molecular flexibility index (Phi) is 4.36. The van der Waals surface area contributed by atoms with Crippen molar-refractivity contribution >= 4 is 0 Å². The second-order valence-corrected chi connectivity index (χ2v) is 2.20. The maximum absolute atomic E-state index is 8.86. The summed E-state index contributed by atoms with van der Waals surface area (Å²) in [6.07, 6.45) is 0.904. The van der Waals surface area contributed by atoms with Gasteiger partial charge < -0.3 is 10.0 Å². The summed E-state index contributed by atoms with van der Waals surface area (Å²) in [6.45, 7) is 7.92. The molecule has 1 saturated heterocycles. The molecule has 0 unspecified atom stereocenters. The molecule has 0 spiro atoms. The smallest absolute Gasteiger partial charge is 0.0679 e. The van der Waals surface area contributed by atoms with Crippen LogP contribution < -0.4 is 0 Å². The molecule has 2 nitrogen and oxygen atoms in total. The van der Waals surface area contributed by atoms with Crippen LogP contribution in [-0.2, 0) is 0 Å². The van der Waals surface area contributed by atoms with Crippen LogP contribution in [0.1, 0.15) is 6.42 Å². The number of aliphatic hydroxyl groups is 1. The van der Waals surface area contributed by atoms with Crippen molar-refractivity contribution in [2.24, 2.45) is 0 Å². The number of likely N-dealkylation sites (tertiary alicyclic amines) is 1. The Labute approximate surface area is 56.8 Å². The van der Waals surface area contributed by atoms with Gasteiger partial charge in [0.2, 0.25) is 0 Å². The molecular formula is C7H15NO. The van der Waals surface area contributed by atoms with E-state index in [9.17, 15) is 0 Å². The lowest BCUT2D eigenvalue weighted by molar-refractivity contribution is 0.183. The first-order valence-corrected chi connectivity index (χ1v) is 3.15. The van der Waals surface area contributed by atoms with Gasteiger partial charge in [-0.05, 0) is 13.5 Å². The Balaban J connectivity index is 0.000000291. The number of hydrogen-bond acceptors (Lipinski definition) is 2. The maximum Gasteiger partial charge on any atom is 0.0679 e. The van der Waals surface area contributed by atoms with Crippen molar-refractivity contribution in [3.8, 4) is 0 Å². The maximum atomic E-state index is 8.86. The fourth-order valence-corrected chi connectivity index (χ4v) is 0.912. The zero-order valence-electron chi connectivity index (χ0n) is 6.01. The van der Waals surface area contributed by atoms with Gasteiger partial charge in [0.1, 0.15) is 0 Å². The van der Waals surface area contributed by atoms with E-state index in [1.165, 1.54) is 0 Å². The SMILES string of the molecule is C=C.CN1CC[C@@H](O)C1. The standard InChI is InChI=1S/C5H11NO.C2H4/c1-6-3-2-5(7)4-6;1-2/h5,7H,2-4H2,1H3;1-2H2/t5-;/m1./s1. The molecule has 9 heavy (non-hydrogen) atoms. The van der Waals surface area contributed by atoms with Gasteiger partial charge in [0.05, 0.1) is 6.10 Å². The molecule has 0 aromatic heterocycles. The van der Waals surface area contributed by atoms with Crippen molar-refractivity contribution in [3.05, 3.63) is 13.2 Å².